The van der Waals surface area contributed by atoms with Crippen LogP contribution in [0.15, 0.2) is 35.0 Å². The number of methoxy groups -OCH3 is 1. The fraction of sp³-hybridized carbons (Fsp3) is 0.312. The van der Waals surface area contributed by atoms with Gasteiger partial charge in [0.05, 0.1) is 12.0 Å². The molecule has 0 saturated carbocycles. The Morgan fingerprint density at radius 3 is 2.74 bits per heavy atom. The summed E-state index contributed by atoms with van der Waals surface area (Å²) in [5, 5.41) is 15.3. The summed E-state index contributed by atoms with van der Waals surface area (Å²) in [5.74, 6) is -0.307. The van der Waals surface area contributed by atoms with Crippen LogP contribution in [0.5, 0.6) is 5.75 Å². The molecule has 0 spiro atoms. The molecule has 1 aromatic heterocycles. The monoisotopic (exact) mass is 334 g/mol. The molecule has 1 atom stereocenters. The maximum atomic E-state index is 12.7. The molecule has 0 aliphatic carbocycles. The summed E-state index contributed by atoms with van der Waals surface area (Å²) >= 11 is 1.60. The Balaban J connectivity index is 2.27. The maximum Gasteiger partial charge on any atom is 0.323 e. The van der Waals surface area contributed by atoms with Crippen LogP contribution in [0.25, 0.3) is 0 Å². The highest BCUT2D eigenvalue weighted by Crippen LogP contribution is 2.31. The lowest BCUT2D eigenvalue weighted by Crippen LogP contribution is -2.36. The third-order valence-corrected chi connectivity index (χ3v) is 4.46. The van der Waals surface area contributed by atoms with Crippen molar-refractivity contribution in [3.8, 4) is 5.75 Å². The number of para-hydroxylation sites is 1. The van der Waals surface area contributed by atoms with Crippen molar-refractivity contribution in [1.29, 1.82) is 0 Å². The number of rotatable bonds is 6. The molecular weight excluding hydrogens is 316 g/mol. The summed E-state index contributed by atoms with van der Waals surface area (Å²) in [4.78, 5) is 24.9. The van der Waals surface area contributed by atoms with Crippen molar-refractivity contribution in [3.63, 3.8) is 0 Å². The molecule has 0 fully saturated rings. The van der Waals surface area contributed by atoms with Crippen LogP contribution < -0.4 is 4.74 Å². The number of nitro groups is 1. The Morgan fingerprint density at radius 2 is 2.17 bits per heavy atom. The highest BCUT2D eigenvalue weighted by Gasteiger charge is 2.28. The van der Waals surface area contributed by atoms with Gasteiger partial charge >= 0.3 is 5.69 Å². The first-order valence-electron chi connectivity index (χ1n) is 7.05. The number of carbonyl (C=O) groups excluding carboxylic acids is 1. The summed E-state index contributed by atoms with van der Waals surface area (Å²) in [6.45, 7) is 1.92. The average molecular weight is 334 g/mol. The predicted octanol–water partition coefficient (Wildman–Crippen LogP) is 3.37. The number of hydrogen-bond donors (Lipinski definition) is 0. The minimum atomic E-state index is -0.580. The van der Waals surface area contributed by atoms with Gasteiger partial charge in [-0.05, 0) is 47.9 Å². The summed E-state index contributed by atoms with van der Waals surface area (Å²) < 4.78 is 5.01. The van der Waals surface area contributed by atoms with Gasteiger partial charge in [0.2, 0.25) is 0 Å². The second-order valence-electron chi connectivity index (χ2n) is 5.21. The maximum absolute atomic E-state index is 12.7. The Bertz CT molecular complexity index is 700. The molecule has 0 radical (unpaired) electrons. The van der Waals surface area contributed by atoms with Crippen molar-refractivity contribution in [2.24, 2.45) is 0 Å². The molecule has 2 aromatic rings. The zero-order chi connectivity index (χ0) is 17.0. The normalized spacial score (nSPS) is 11.8. The molecular formula is C16H18N2O4S. The van der Waals surface area contributed by atoms with Crippen LogP contribution in [-0.2, 0) is 6.42 Å². The van der Waals surface area contributed by atoms with Crippen LogP contribution in [0.1, 0.15) is 22.8 Å². The van der Waals surface area contributed by atoms with Gasteiger partial charge in [0, 0.05) is 13.1 Å². The number of likely N-dealkylation sites (N-methyl/N-ethyl adjacent to an activating group) is 1. The van der Waals surface area contributed by atoms with Gasteiger partial charge in [-0.3, -0.25) is 14.9 Å². The molecule has 1 heterocycles. The number of hydrogen-bond acceptors (Lipinski definition) is 5. The van der Waals surface area contributed by atoms with Crippen LogP contribution >= 0.6 is 11.3 Å². The molecule has 0 saturated heterocycles. The third-order valence-electron chi connectivity index (χ3n) is 3.72. The van der Waals surface area contributed by atoms with E-state index >= 15 is 0 Å². The van der Waals surface area contributed by atoms with Gasteiger partial charge in [-0.2, -0.15) is 11.3 Å². The summed E-state index contributed by atoms with van der Waals surface area (Å²) in [5.41, 5.74) is 0.880. The number of amides is 1. The lowest BCUT2D eigenvalue weighted by molar-refractivity contribution is -0.386. The smallest absolute Gasteiger partial charge is 0.323 e. The minimum Gasteiger partial charge on any atom is -0.490 e. The van der Waals surface area contributed by atoms with Crippen molar-refractivity contribution in [3.05, 3.63) is 56.3 Å². The highest BCUT2D eigenvalue weighted by molar-refractivity contribution is 7.07. The lowest BCUT2D eigenvalue weighted by atomic mass is 10.1. The van der Waals surface area contributed by atoms with Gasteiger partial charge in [0.1, 0.15) is 5.56 Å². The Kier molecular flexibility index (Phi) is 5.33. The molecule has 2 rings (SSSR count). The number of thiophene rings is 1. The van der Waals surface area contributed by atoms with Crippen molar-refractivity contribution >= 4 is 22.9 Å². The lowest BCUT2D eigenvalue weighted by Gasteiger charge is -2.25. The van der Waals surface area contributed by atoms with Crippen LogP contribution in [-0.4, -0.2) is 35.9 Å². The second kappa shape index (κ2) is 7.23. The molecule has 6 nitrogen and oxygen atoms in total. The number of nitro benzene ring substituents is 1. The first kappa shape index (κ1) is 17.0. The van der Waals surface area contributed by atoms with E-state index in [4.69, 9.17) is 4.74 Å². The van der Waals surface area contributed by atoms with Crippen LogP contribution in [0.3, 0.4) is 0 Å². The Hall–Kier alpha value is -2.41. The average Bonchev–Trinajstić information content (AvgIpc) is 3.05. The number of carbonyl (C=O) groups is 1. The molecule has 0 aliphatic rings. The predicted molar refractivity (Wildman–Crippen MR) is 89.2 cm³/mol. The van der Waals surface area contributed by atoms with E-state index in [0.29, 0.717) is 6.42 Å². The fourth-order valence-electron chi connectivity index (χ4n) is 2.32. The fourth-order valence-corrected chi connectivity index (χ4v) is 3.01. The van der Waals surface area contributed by atoms with Crippen LogP contribution in [0, 0.1) is 10.1 Å². The Morgan fingerprint density at radius 1 is 1.43 bits per heavy atom. The van der Waals surface area contributed by atoms with Crippen molar-refractivity contribution in [2.75, 3.05) is 14.2 Å². The third kappa shape index (κ3) is 3.68. The molecule has 0 bridgehead atoms. The zero-order valence-electron chi connectivity index (χ0n) is 13.2. The first-order valence-corrected chi connectivity index (χ1v) is 7.99. The molecule has 7 heteroatoms. The van der Waals surface area contributed by atoms with Gasteiger partial charge < -0.3 is 9.64 Å². The van der Waals surface area contributed by atoms with E-state index < -0.39 is 10.8 Å². The number of nitrogens with zero attached hydrogens (tertiary/aromatic N) is 2. The molecule has 23 heavy (non-hydrogen) atoms. The van der Waals surface area contributed by atoms with E-state index in [2.05, 4.69) is 0 Å². The van der Waals surface area contributed by atoms with Gasteiger partial charge in [-0.1, -0.05) is 6.07 Å². The van der Waals surface area contributed by atoms with E-state index in [0.717, 1.165) is 5.56 Å². The molecule has 0 N–H and O–H groups in total. The topological polar surface area (TPSA) is 72.7 Å². The van der Waals surface area contributed by atoms with E-state index in [1.54, 1.807) is 24.5 Å². The first-order chi connectivity index (χ1) is 11.0. The van der Waals surface area contributed by atoms with E-state index in [1.165, 1.54) is 24.1 Å². The van der Waals surface area contributed by atoms with Crippen molar-refractivity contribution < 1.29 is 14.5 Å². The summed E-state index contributed by atoms with van der Waals surface area (Å²) in [6, 6.07) is 6.44. The van der Waals surface area contributed by atoms with Crippen LogP contribution in [0.4, 0.5) is 5.69 Å². The molecule has 1 amide bonds. The van der Waals surface area contributed by atoms with E-state index in [9.17, 15) is 14.9 Å². The molecule has 0 aliphatic heterocycles. The van der Waals surface area contributed by atoms with E-state index in [-0.39, 0.29) is 23.0 Å². The van der Waals surface area contributed by atoms with Crippen LogP contribution in [0.2, 0.25) is 0 Å². The second-order valence-corrected chi connectivity index (χ2v) is 5.99. The summed E-state index contributed by atoms with van der Waals surface area (Å²) in [6.07, 6.45) is 0.698. The van der Waals surface area contributed by atoms with E-state index in [1.807, 2.05) is 23.8 Å². The zero-order valence-corrected chi connectivity index (χ0v) is 14.0. The molecule has 122 valence electrons. The quantitative estimate of drug-likeness (QED) is 0.600. The van der Waals surface area contributed by atoms with Crippen molar-refractivity contribution in [2.45, 2.75) is 19.4 Å². The van der Waals surface area contributed by atoms with Gasteiger partial charge in [-0.25, -0.2) is 0 Å². The van der Waals surface area contributed by atoms with Crippen molar-refractivity contribution in [1.82, 2.24) is 4.90 Å². The largest absolute Gasteiger partial charge is 0.490 e. The Labute approximate surface area is 138 Å². The standard InChI is InChI=1S/C16H18N2O4S/c1-11(9-12-7-8-23-10-12)17(2)16(19)13-5-4-6-14(22-3)15(13)18(20)21/h4-8,10-11H,9H2,1-3H3. The van der Waals surface area contributed by atoms with Gasteiger partial charge in [0.25, 0.3) is 5.91 Å². The van der Waals surface area contributed by atoms with Gasteiger partial charge in [-0.15, -0.1) is 0 Å². The number of benzene rings is 1. The molecule has 1 unspecified atom stereocenters. The minimum absolute atomic E-state index is 0.0361. The number of ether oxygens (including phenoxy) is 1. The highest BCUT2D eigenvalue weighted by atomic mass is 32.1. The molecule has 1 aromatic carbocycles. The van der Waals surface area contributed by atoms with Gasteiger partial charge in [0.15, 0.2) is 5.75 Å². The summed E-state index contributed by atoms with van der Waals surface area (Å²) in [7, 11) is 3.00. The SMILES string of the molecule is COc1cccc(C(=O)N(C)C(C)Cc2ccsc2)c1[N+](=O)[O-].